The van der Waals surface area contributed by atoms with Crippen LogP contribution in [0, 0.1) is 5.92 Å². The van der Waals surface area contributed by atoms with Crippen molar-refractivity contribution in [3.05, 3.63) is 23.3 Å². The van der Waals surface area contributed by atoms with Crippen LogP contribution in [0.25, 0.3) is 0 Å². The minimum absolute atomic E-state index is 0.0199. The predicted molar refractivity (Wildman–Crippen MR) is 75.2 cm³/mol. The monoisotopic (exact) mass is 257 g/mol. The molecule has 0 bridgehead atoms. The molecule has 0 fully saturated rings. The molecule has 0 aromatic carbocycles. The fourth-order valence-corrected chi connectivity index (χ4v) is 2.05. The molecule has 1 atom stereocenters. The highest BCUT2D eigenvalue weighted by Crippen LogP contribution is 2.10. The van der Waals surface area contributed by atoms with Crippen LogP contribution in [0.5, 0.6) is 0 Å². The van der Waals surface area contributed by atoms with Crippen molar-refractivity contribution in [3.63, 3.8) is 0 Å². The van der Waals surface area contributed by atoms with E-state index < -0.39 is 0 Å². The van der Waals surface area contributed by atoms with E-state index >= 15 is 0 Å². The van der Waals surface area contributed by atoms with E-state index in [1.165, 1.54) is 5.57 Å². The number of rotatable bonds is 7. The summed E-state index contributed by atoms with van der Waals surface area (Å²) >= 11 is 1.79. The number of carbonyl (C=O) groups excluding carboxylic acids is 1. The Labute approximate surface area is 108 Å². The maximum atomic E-state index is 11.6. The maximum absolute atomic E-state index is 11.6. The van der Waals surface area contributed by atoms with Crippen LogP contribution in [-0.4, -0.2) is 36.2 Å². The molecule has 0 aliphatic carbocycles. The molecule has 0 heterocycles. The molecule has 2 N–H and O–H groups in total. The van der Waals surface area contributed by atoms with Gasteiger partial charge in [0.25, 0.3) is 0 Å². The number of hydrogen-bond acceptors (Lipinski definition) is 3. The van der Waals surface area contributed by atoms with Crippen LogP contribution >= 0.6 is 11.8 Å². The molecule has 3 nitrogen and oxygen atoms in total. The number of nitrogens with one attached hydrogen (secondary N) is 1. The Bertz CT molecular complexity index is 298. The second kappa shape index (κ2) is 9.31. The molecule has 0 saturated heterocycles. The van der Waals surface area contributed by atoms with Gasteiger partial charge in [0.15, 0.2) is 0 Å². The molecule has 98 valence electrons. The van der Waals surface area contributed by atoms with Gasteiger partial charge in [0.1, 0.15) is 0 Å². The second-order valence-electron chi connectivity index (χ2n) is 4.14. The van der Waals surface area contributed by atoms with E-state index in [0.717, 1.165) is 11.3 Å². The van der Waals surface area contributed by atoms with Crippen molar-refractivity contribution in [3.8, 4) is 0 Å². The van der Waals surface area contributed by atoms with Crippen LogP contribution in [0.15, 0.2) is 23.3 Å². The summed E-state index contributed by atoms with van der Waals surface area (Å²) in [6.45, 7) is 6.24. The van der Waals surface area contributed by atoms with E-state index in [1.807, 2.05) is 19.9 Å². The molecule has 1 unspecified atom stereocenters. The number of aliphatic hydroxyl groups excluding tert-OH is 1. The van der Waals surface area contributed by atoms with Crippen LogP contribution in [-0.2, 0) is 4.79 Å². The molecule has 4 heteroatoms. The Morgan fingerprint density at radius 3 is 2.65 bits per heavy atom. The zero-order valence-corrected chi connectivity index (χ0v) is 11.9. The molecule has 0 aliphatic heterocycles. The highest BCUT2D eigenvalue weighted by atomic mass is 32.2. The van der Waals surface area contributed by atoms with Gasteiger partial charge in [-0.05, 0) is 20.1 Å². The first-order valence-corrected chi connectivity index (χ1v) is 7.13. The Morgan fingerprint density at radius 1 is 1.47 bits per heavy atom. The van der Waals surface area contributed by atoms with E-state index in [-0.39, 0.29) is 18.4 Å². The third-order valence-corrected chi connectivity index (χ3v) is 2.93. The van der Waals surface area contributed by atoms with Crippen molar-refractivity contribution in [1.29, 1.82) is 0 Å². The zero-order chi connectivity index (χ0) is 13.3. The lowest BCUT2D eigenvalue weighted by molar-refractivity contribution is -0.123. The molecule has 17 heavy (non-hydrogen) atoms. The van der Waals surface area contributed by atoms with Gasteiger partial charge in [0, 0.05) is 12.3 Å². The van der Waals surface area contributed by atoms with Gasteiger partial charge >= 0.3 is 0 Å². The van der Waals surface area contributed by atoms with Crippen LogP contribution in [0.2, 0.25) is 0 Å². The summed E-state index contributed by atoms with van der Waals surface area (Å²) in [6.07, 6.45) is 6.12. The first-order valence-electron chi connectivity index (χ1n) is 5.74. The molecular formula is C13H23NO2S. The van der Waals surface area contributed by atoms with Crippen molar-refractivity contribution in [2.75, 3.05) is 25.2 Å². The highest BCUT2D eigenvalue weighted by molar-refractivity contribution is 7.98. The van der Waals surface area contributed by atoms with Gasteiger partial charge in [-0.25, -0.2) is 0 Å². The average molecular weight is 257 g/mol. The zero-order valence-electron chi connectivity index (χ0n) is 11.1. The van der Waals surface area contributed by atoms with E-state index in [9.17, 15) is 4.79 Å². The lowest BCUT2D eigenvalue weighted by atomic mass is 10.1. The number of hydrogen-bond donors (Lipinski definition) is 2. The third kappa shape index (κ3) is 8.05. The van der Waals surface area contributed by atoms with Crippen LogP contribution in [0.1, 0.15) is 20.8 Å². The fraction of sp³-hybridized carbons (Fsp3) is 0.615. The predicted octanol–water partition coefficient (Wildman–Crippen LogP) is 1.99. The van der Waals surface area contributed by atoms with Gasteiger partial charge in [-0.15, -0.1) is 0 Å². The summed E-state index contributed by atoms with van der Waals surface area (Å²) in [7, 11) is 0. The maximum Gasteiger partial charge on any atom is 0.226 e. The molecule has 1 amide bonds. The van der Waals surface area contributed by atoms with Gasteiger partial charge in [-0.3, -0.25) is 4.79 Å². The van der Waals surface area contributed by atoms with E-state index in [2.05, 4.69) is 24.6 Å². The molecule has 0 aromatic heterocycles. The second-order valence-corrected chi connectivity index (χ2v) is 5.00. The summed E-state index contributed by atoms with van der Waals surface area (Å²) in [6, 6.07) is 0. The summed E-state index contributed by atoms with van der Waals surface area (Å²) < 4.78 is 0. The Hall–Kier alpha value is -0.740. The Kier molecular flexibility index (Phi) is 8.90. The van der Waals surface area contributed by atoms with Gasteiger partial charge in [0.2, 0.25) is 5.91 Å². The molecule has 0 rings (SSSR count). The molecular weight excluding hydrogens is 234 g/mol. The van der Waals surface area contributed by atoms with Gasteiger partial charge in [-0.1, -0.05) is 30.2 Å². The van der Waals surface area contributed by atoms with Crippen molar-refractivity contribution in [2.45, 2.75) is 20.8 Å². The van der Waals surface area contributed by atoms with Crippen molar-refractivity contribution in [1.82, 2.24) is 5.32 Å². The van der Waals surface area contributed by atoms with Crippen molar-refractivity contribution < 1.29 is 9.90 Å². The van der Waals surface area contributed by atoms with Gasteiger partial charge < -0.3 is 10.4 Å². The average Bonchev–Trinajstić information content (AvgIpc) is 2.25. The summed E-state index contributed by atoms with van der Waals surface area (Å²) in [5.41, 5.74) is 2.40. The number of allylic oxidation sites excluding steroid dienone is 2. The van der Waals surface area contributed by atoms with Crippen LogP contribution in [0.3, 0.4) is 0 Å². The van der Waals surface area contributed by atoms with E-state index in [1.54, 1.807) is 11.8 Å². The third-order valence-electron chi connectivity index (χ3n) is 2.18. The van der Waals surface area contributed by atoms with Crippen LogP contribution < -0.4 is 5.32 Å². The standard InChI is InChI=1S/C13H23NO2S/c1-10(7-11(2)9-17-4)8-12(3)13(16)14-5-6-15/h7-8,12,15H,5-6,9H2,1-4H3,(H,14,16)/b10-8-,11-7-. The number of amides is 1. The number of carbonyl (C=O) groups is 1. The normalized spacial score (nSPS) is 14.6. The molecule has 0 aliphatic rings. The minimum Gasteiger partial charge on any atom is -0.395 e. The van der Waals surface area contributed by atoms with E-state index in [4.69, 9.17) is 5.11 Å². The minimum atomic E-state index is -0.167. The Morgan fingerprint density at radius 2 is 2.12 bits per heavy atom. The van der Waals surface area contributed by atoms with Gasteiger partial charge in [-0.2, -0.15) is 11.8 Å². The first kappa shape index (κ1) is 16.3. The van der Waals surface area contributed by atoms with E-state index in [0.29, 0.717) is 6.54 Å². The quantitative estimate of drug-likeness (QED) is 0.686. The number of thioether (sulfide) groups is 1. The lowest BCUT2D eigenvalue weighted by Gasteiger charge is -2.08. The summed E-state index contributed by atoms with van der Waals surface area (Å²) in [5.74, 6) is 0.796. The smallest absolute Gasteiger partial charge is 0.226 e. The molecule has 0 saturated carbocycles. The first-order chi connectivity index (χ1) is 8.01. The fourth-order valence-electron chi connectivity index (χ4n) is 1.52. The molecule has 0 radical (unpaired) electrons. The lowest BCUT2D eigenvalue weighted by Crippen LogP contribution is -2.30. The van der Waals surface area contributed by atoms with Crippen molar-refractivity contribution >= 4 is 17.7 Å². The number of aliphatic hydroxyl groups is 1. The Balaban J connectivity index is 4.36. The highest BCUT2D eigenvalue weighted by Gasteiger charge is 2.08. The van der Waals surface area contributed by atoms with Gasteiger partial charge in [0.05, 0.1) is 12.5 Å². The molecule has 0 spiro atoms. The molecule has 0 aromatic rings. The summed E-state index contributed by atoms with van der Waals surface area (Å²) in [4.78, 5) is 11.6. The summed E-state index contributed by atoms with van der Waals surface area (Å²) in [5, 5.41) is 11.3. The SMILES string of the molecule is CSC/C(C)=C\C(C)=C/C(C)C(=O)NCCO. The van der Waals surface area contributed by atoms with Crippen LogP contribution in [0.4, 0.5) is 0 Å². The topological polar surface area (TPSA) is 49.3 Å². The van der Waals surface area contributed by atoms with Crippen molar-refractivity contribution in [2.24, 2.45) is 5.92 Å². The largest absolute Gasteiger partial charge is 0.395 e.